The Morgan fingerprint density at radius 1 is 1.32 bits per heavy atom. The number of rotatable bonds is 5. The van der Waals surface area contributed by atoms with Gasteiger partial charge < -0.3 is 11.5 Å². The molecule has 0 amide bonds. The van der Waals surface area contributed by atoms with Gasteiger partial charge in [0.15, 0.2) is 0 Å². The van der Waals surface area contributed by atoms with Crippen LogP contribution in [0.5, 0.6) is 0 Å². The Kier molecular flexibility index (Phi) is 4.35. The largest absolute Gasteiger partial charge is 0.330 e. The van der Waals surface area contributed by atoms with Crippen LogP contribution >= 0.6 is 0 Å². The van der Waals surface area contributed by atoms with Crippen LogP contribution in [0, 0.1) is 0 Å². The van der Waals surface area contributed by atoms with E-state index in [1.165, 1.54) is 0 Å². The maximum Gasteiger partial charge on any atom is 0.227 e. The Bertz CT molecular complexity index is 574. The molecule has 2 aromatic rings. The molecule has 4 heteroatoms. The number of carbonyl (C=O) groups excluding carboxylic acids is 1. The number of hydrogen-bond acceptors (Lipinski definition) is 3. The van der Waals surface area contributed by atoms with E-state index in [1.807, 2.05) is 30.5 Å². The molecule has 1 heterocycles. The molecule has 2 rings (SSSR count). The number of fused-ring (bicyclic) bond motifs is 1. The molecule has 1 aromatic heterocycles. The van der Waals surface area contributed by atoms with Gasteiger partial charge in [-0.15, -0.1) is 0 Å². The van der Waals surface area contributed by atoms with Crippen LogP contribution in [-0.4, -0.2) is 17.0 Å². The second-order valence-electron chi connectivity index (χ2n) is 4.88. The molecule has 0 radical (unpaired) electrons. The predicted molar refractivity (Wildman–Crippen MR) is 78.1 cm³/mol. The molecule has 0 unspecified atom stereocenters. The van der Waals surface area contributed by atoms with Gasteiger partial charge in [-0.3, -0.25) is 9.36 Å². The van der Waals surface area contributed by atoms with Crippen molar-refractivity contribution in [1.82, 2.24) is 4.57 Å². The molecule has 0 spiro atoms. The van der Waals surface area contributed by atoms with Crippen molar-refractivity contribution in [3.63, 3.8) is 0 Å². The molecule has 0 saturated heterocycles. The minimum absolute atomic E-state index is 0.0107. The van der Waals surface area contributed by atoms with E-state index < -0.39 is 0 Å². The number of hydrogen-bond donors (Lipinski definition) is 2. The maximum atomic E-state index is 11.7. The summed E-state index contributed by atoms with van der Waals surface area (Å²) in [7, 11) is 0. The van der Waals surface area contributed by atoms with Crippen molar-refractivity contribution in [2.45, 2.75) is 32.2 Å². The van der Waals surface area contributed by atoms with Gasteiger partial charge in [0.2, 0.25) is 5.91 Å². The highest BCUT2D eigenvalue weighted by Gasteiger charge is 2.15. The number of unbranched alkanes of at least 4 members (excludes halogenated alkanes) is 1. The first kappa shape index (κ1) is 13.8. The monoisotopic (exact) mass is 259 g/mol. The normalized spacial score (nSPS) is 12.8. The molecule has 1 atom stereocenters. The van der Waals surface area contributed by atoms with Crippen molar-refractivity contribution < 1.29 is 4.79 Å². The Morgan fingerprint density at radius 2 is 2.05 bits per heavy atom. The quantitative estimate of drug-likeness (QED) is 0.810. The van der Waals surface area contributed by atoms with E-state index in [0.29, 0.717) is 6.54 Å². The third-order valence-electron chi connectivity index (χ3n) is 3.45. The summed E-state index contributed by atoms with van der Waals surface area (Å²) in [5.74, 6) is 0.0107. The molecule has 0 aliphatic heterocycles. The average molecular weight is 259 g/mol. The minimum atomic E-state index is -0.0444. The summed E-state index contributed by atoms with van der Waals surface area (Å²) in [6, 6.07) is 7.84. The Hall–Kier alpha value is -1.65. The van der Waals surface area contributed by atoms with E-state index >= 15 is 0 Å². The van der Waals surface area contributed by atoms with Crippen LogP contribution in [0.15, 0.2) is 30.5 Å². The molecule has 1 aromatic carbocycles. The van der Waals surface area contributed by atoms with Crippen LogP contribution in [-0.2, 0) is 0 Å². The summed E-state index contributed by atoms with van der Waals surface area (Å²) in [6.45, 7) is 2.26. The molecule has 102 valence electrons. The van der Waals surface area contributed by atoms with E-state index in [9.17, 15) is 4.79 Å². The Balaban J connectivity index is 2.35. The first-order chi connectivity index (χ1) is 9.15. The summed E-state index contributed by atoms with van der Waals surface area (Å²) < 4.78 is 1.67. The number of benzene rings is 1. The summed E-state index contributed by atoms with van der Waals surface area (Å²) in [6.07, 6.45) is 4.76. The molecule has 0 fully saturated rings. The van der Waals surface area contributed by atoms with Crippen molar-refractivity contribution in [3.8, 4) is 0 Å². The van der Waals surface area contributed by atoms with E-state index in [4.69, 9.17) is 11.5 Å². The highest BCUT2D eigenvalue weighted by Crippen LogP contribution is 2.27. The van der Waals surface area contributed by atoms with Crippen LogP contribution in [0.25, 0.3) is 10.9 Å². The lowest BCUT2D eigenvalue weighted by Crippen LogP contribution is -2.11. The zero-order chi connectivity index (χ0) is 13.8. The summed E-state index contributed by atoms with van der Waals surface area (Å²) >= 11 is 0. The van der Waals surface area contributed by atoms with Gasteiger partial charge in [0, 0.05) is 24.5 Å². The van der Waals surface area contributed by atoms with Crippen LogP contribution in [0.3, 0.4) is 0 Å². The fourth-order valence-electron chi connectivity index (χ4n) is 2.43. The fourth-order valence-corrected chi connectivity index (χ4v) is 2.43. The number of nitrogens with zero attached hydrogens (tertiary/aromatic N) is 1. The summed E-state index contributed by atoms with van der Waals surface area (Å²) in [5.41, 5.74) is 13.7. The van der Waals surface area contributed by atoms with Gasteiger partial charge in [0.1, 0.15) is 0 Å². The molecule has 0 aliphatic rings. The van der Waals surface area contributed by atoms with E-state index in [0.717, 1.165) is 35.7 Å². The fraction of sp³-hybridized carbons (Fsp3) is 0.400. The van der Waals surface area contributed by atoms with Gasteiger partial charge in [-0.05, 0) is 31.0 Å². The third kappa shape index (κ3) is 2.85. The Morgan fingerprint density at radius 3 is 2.74 bits per heavy atom. The Labute approximate surface area is 113 Å². The zero-order valence-electron chi connectivity index (χ0n) is 11.3. The summed E-state index contributed by atoms with van der Waals surface area (Å²) in [4.78, 5) is 11.7. The van der Waals surface area contributed by atoms with Crippen molar-refractivity contribution in [1.29, 1.82) is 0 Å². The van der Waals surface area contributed by atoms with Crippen molar-refractivity contribution >= 4 is 16.8 Å². The van der Waals surface area contributed by atoms with Gasteiger partial charge in [0.25, 0.3) is 0 Å². The molecule has 19 heavy (non-hydrogen) atoms. The number of nitrogens with two attached hydrogens (primary N) is 2. The molecule has 0 aliphatic carbocycles. The number of carbonyl (C=O) groups is 1. The van der Waals surface area contributed by atoms with Crippen LogP contribution in [0.2, 0.25) is 0 Å². The standard InChI is InChI=1S/C15H21N3O/c1-11(19)18-10-13(14(17)7-4-5-9-16)12-6-2-3-8-15(12)18/h2-3,6,8,10,14H,4-5,7,9,16-17H2,1H3/t14-/m0/s1. The molecule has 4 N–H and O–H groups in total. The van der Waals surface area contributed by atoms with Gasteiger partial charge in [-0.2, -0.15) is 0 Å². The van der Waals surface area contributed by atoms with Crippen molar-refractivity contribution in [3.05, 3.63) is 36.0 Å². The van der Waals surface area contributed by atoms with Gasteiger partial charge >= 0.3 is 0 Å². The molecular formula is C15H21N3O. The molecular weight excluding hydrogens is 238 g/mol. The highest BCUT2D eigenvalue weighted by molar-refractivity contribution is 5.93. The molecule has 0 bridgehead atoms. The average Bonchev–Trinajstić information content (AvgIpc) is 2.78. The first-order valence-electron chi connectivity index (χ1n) is 6.71. The first-order valence-corrected chi connectivity index (χ1v) is 6.71. The number of para-hydroxylation sites is 1. The third-order valence-corrected chi connectivity index (χ3v) is 3.45. The SMILES string of the molecule is CC(=O)n1cc([C@@H](N)CCCCN)c2ccccc21. The van der Waals surface area contributed by atoms with Crippen LogP contribution < -0.4 is 11.5 Å². The van der Waals surface area contributed by atoms with Gasteiger partial charge in [-0.1, -0.05) is 24.6 Å². The number of aromatic nitrogens is 1. The molecule has 0 saturated carbocycles. The van der Waals surface area contributed by atoms with Crippen LogP contribution in [0.4, 0.5) is 0 Å². The van der Waals surface area contributed by atoms with E-state index in [-0.39, 0.29) is 11.9 Å². The van der Waals surface area contributed by atoms with Crippen molar-refractivity contribution in [2.75, 3.05) is 6.54 Å². The minimum Gasteiger partial charge on any atom is -0.330 e. The maximum absolute atomic E-state index is 11.7. The second-order valence-corrected chi connectivity index (χ2v) is 4.88. The van der Waals surface area contributed by atoms with E-state index in [2.05, 4.69) is 0 Å². The highest BCUT2D eigenvalue weighted by atomic mass is 16.1. The second kappa shape index (κ2) is 5.99. The lowest BCUT2D eigenvalue weighted by Gasteiger charge is -2.10. The predicted octanol–water partition coefficient (Wildman–Crippen LogP) is 2.43. The zero-order valence-corrected chi connectivity index (χ0v) is 11.3. The van der Waals surface area contributed by atoms with Crippen LogP contribution in [0.1, 0.15) is 42.6 Å². The topological polar surface area (TPSA) is 74.0 Å². The van der Waals surface area contributed by atoms with E-state index in [1.54, 1.807) is 11.5 Å². The van der Waals surface area contributed by atoms with Crippen molar-refractivity contribution in [2.24, 2.45) is 11.5 Å². The summed E-state index contributed by atoms with van der Waals surface area (Å²) in [5, 5.41) is 1.07. The van der Waals surface area contributed by atoms with Gasteiger partial charge in [0.05, 0.1) is 5.52 Å². The smallest absolute Gasteiger partial charge is 0.227 e. The molecule has 4 nitrogen and oxygen atoms in total. The van der Waals surface area contributed by atoms with Gasteiger partial charge in [-0.25, -0.2) is 0 Å². The lowest BCUT2D eigenvalue weighted by atomic mass is 10.0. The lowest BCUT2D eigenvalue weighted by molar-refractivity contribution is 0.0941.